The van der Waals surface area contributed by atoms with Gasteiger partial charge in [-0.15, -0.1) is 0 Å². The molecule has 1 spiro atoms. The van der Waals surface area contributed by atoms with Gasteiger partial charge in [-0.25, -0.2) is 0 Å². The largest absolute Gasteiger partial charge is 0.379 e. The van der Waals surface area contributed by atoms with E-state index >= 15 is 0 Å². The Morgan fingerprint density at radius 3 is 2.44 bits per heavy atom. The van der Waals surface area contributed by atoms with Crippen LogP contribution < -0.4 is 5.32 Å². The number of carbonyl (C=O) groups is 2. The normalized spacial score (nSPS) is 25.8. The lowest BCUT2D eigenvalue weighted by molar-refractivity contribution is -0.139. The van der Waals surface area contributed by atoms with Crippen molar-refractivity contribution in [3.8, 4) is 0 Å². The van der Waals surface area contributed by atoms with E-state index in [4.69, 9.17) is 4.74 Å². The standard InChI is InChI=1S/C21H29N3O3/c1-16(23-11-13-27-14-12-23)20(26)24-9-7-21(8-10-24)15-18(21)19(25)22-17-5-3-2-4-6-17/h2-6,16,18H,7-15H2,1H3,(H,22,25). The molecule has 2 unspecified atom stereocenters. The molecule has 1 saturated carbocycles. The van der Waals surface area contributed by atoms with Gasteiger partial charge in [0.25, 0.3) is 0 Å². The topological polar surface area (TPSA) is 61.9 Å². The lowest BCUT2D eigenvalue weighted by Crippen LogP contribution is -2.52. The highest BCUT2D eigenvalue weighted by atomic mass is 16.5. The van der Waals surface area contributed by atoms with Crippen LogP contribution in [0, 0.1) is 11.3 Å². The number of amides is 2. The maximum Gasteiger partial charge on any atom is 0.239 e. The third-order valence-corrected chi connectivity index (χ3v) is 6.57. The molecule has 3 fully saturated rings. The molecule has 1 N–H and O–H groups in total. The summed E-state index contributed by atoms with van der Waals surface area (Å²) in [5, 5.41) is 3.03. The highest BCUT2D eigenvalue weighted by molar-refractivity contribution is 5.95. The summed E-state index contributed by atoms with van der Waals surface area (Å²) in [4.78, 5) is 29.6. The molecule has 146 valence electrons. The molecule has 3 aliphatic rings. The van der Waals surface area contributed by atoms with E-state index in [0.717, 1.165) is 51.1 Å². The minimum Gasteiger partial charge on any atom is -0.379 e. The minimum absolute atomic E-state index is 0.0840. The molecule has 1 aliphatic carbocycles. The summed E-state index contributed by atoms with van der Waals surface area (Å²) in [5.74, 6) is 0.437. The molecular weight excluding hydrogens is 342 g/mol. The quantitative estimate of drug-likeness (QED) is 0.879. The van der Waals surface area contributed by atoms with E-state index in [2.05, 4.69) is 10.2 Å². The van der Waals surface area contributed by atoms with E-state index in [1.165, 1.54) is 0 Å². The highest BCUT2D eigenvalue weighted by Gasteiger charge is 2.58. The van der Waals surface area contributed by atoms with Gasteiger partial charge >= 0.3 is 0 Å². The molecular formula is C21H29N3O3. The fourth-order valence-electron chi connectivity index (χ4n) is 4.58. The molecule has 2 amide bonds. The van der Waals surface area contributed by atoms with Gasteiger partial charge in [-0.1, -0.05) is 18.2 Å². The van der Waals surface area contributed by atoms with Gasteiger partial charge in [0.2, 0.25) is 11.8 Å². The molecule has 1 aromatic carbocycles. The molecule has 1 aromatic rings. The Balaban J connectivity index is 1.28. The van der Waals surface area contributed by atoms with E-state index in [1.54, 1.807) is 0 Å². The van der Waals surface area contributed by atoms with Crippen molar-refractivity contribution < 1.29 is 14.3 Å². The van der Waals surface area contributed by atoms with Gasteiger partial charge in [-0.2, -0.15) is 0 Å². The Bertz CT molecular complexity index is 679. The molecule has 2 saturated heterocycles. The van der Waals surface area contributed by atoms with E-state index in [0.29, 0.717) is 13.2 Å². The average molecular weight is 371 g/mol. The second-order valence-electron chi connectivity index (χ2n) is 8.12. The zero-order valence-electron chi connectivity index (χ0n) is 16.0. The minimum atomic E-state index is -0.0840. The summed E-state index contributed by atoms with van der Waals surface area (Å²) in [6, 6.07) is 9.55. The van der Waals surface area contributed by atoms with E-state index in [-0.39, 0.29) is 29.2 Å². The van der Waals surface area contributed by atoms with Crippen LogP contribution in [0.1, 0.15) is 26.2 Å². The molecule has 6 heteroatoms. The van der Waals surface area contributed by atoms with Crippen molar-refractivity contribution in [3.63, 3.8) is 0 Å². The molecule has 4 rings (SSSR count). The maximum atomic E-state index is 12.8. The van der Waals surface area contributed by atoms with Gasteiger partial charge in [-0.3, -0.25) is 14.5 Å². The second kappa shape index (κ2) is 7.60. The van der Waals surface area contributed by atoms with E-state index < -0.39 is 0 Å². The Labute approximate surface area is 160 Å². The molecule has 0 bridgehead atoms. The van der Waals surface area contributed by atoms with Crippen LogP contribution in [-0.4, -0.2) is 67.0 Å². The van der Waals surface area contributed by atoms with Crippen LogP contribution in [0.3, 0.4) is 0 Å². The molecule has 2 heterocycles. The fraction of sp³-hybridized carbons (Fsp3) is 0.619. The number of anilines is 1. The number of benzene rings is 1. The lowest BCUT2D eigenvalue weighted by Gasteiger charge is -2.38. The molecule has 0 radical (unpaired) electrons. The first-order valence-corrected chi connectivity index (χ1v) is 10.1. The first-order chi connectivity index (χ1) is 13.1. The molecule has 2 aliphatic heterocycles. The van der Waals surface area contributed by atoms with Crippen LogP contribution in [0.25, 0.3) is 0 Å². The van der Waals surface area contributed by atoms with Crippen LogP contribution in [0.15, 0.2) is 30.3 Å². The highest BCUT2D eigenvalue weighted by Crippen LogP contribution is 2.59. The first-order valence-electron chi connectivity index (χ1n) is 10.1. The summed E-state index contributed by atoms with van der Waals surface area (Å²) in [7, 11) is 0. The molecule has 0 aromatic heterocycles. The number of morpholine rings is 1. The van der Waals surface area contributed by atoms with Gasteiger partial charge in [0.05, 0.1) is 19.3 Å². The Morgan fingerprint density at radius 2 is 1.78 bits per heavy atom. The third kappa shape index (κ3) is 3.87. The summed E-state index contributed by atoms with van der Waals surface area (Å²) in [5.41, 5.74) is 0.967. The molecule has 6 nitrogen and oxygen atoms in total. The van der Waals surface area contributed by atoms with Crippen molar-refractivity contribution in [2.45, 2.75) is 32.2 Å². The number of para-hydroxylation sites is 1. The number of hydrogen-bond donors (Lipinski definition) is 1. The fourth-order valence-corrected chi connectivity index (χ4v) is 4.58. The van der Waals surface area contributed by atoms with Gasteiger partial charge in [0.15, 0.2) is 0 Å². The zero-order valence-corrected chi connectivity index (χ0v) is 16.0. The van der Waals surface area contributed by atoms with Crippen molar-refractivity contribution in [2.24, 2.45) is 11.3 Å². The van der Waals surface area contributed by atoms with Crippen LogP contribution in [-0.2, 0) is 14.3 Å². The Morgan fingerprint density at radius 1 is 1.11 bits per heavy atom. The van der Waals surface area contributed by atoms with Crippen molar-refractivity contribution in [3.05, 3.63) is 30.3 Å². The summed E-state index contributed by atoms with van der Waals surface area (Å²) in [6.45, 7) is 6.60. The zero-order chi connectivity index (χ0) is 18.9. The Hall–Kier alpha value is -1.92. The van der Waals surface area contributed by atoms with E-state index in [1.807, 2.05) is 42.2 Å². The van der Waals surface area contributed by atoms with Crippen LogP contribution in [0.4, 0.5) is 5.69 Å². The van der Waals surface area contributed by atoms with Crippen LogP contribution in [0.2, 0.25) is 0 Å². The number of carbonyl (C=O) groups excluding carboxylic acids is 2. The number of likely N-dealkylation sites (tertiary alicyclic amines) is 1. The number of ether oxygens (including phenoxy) is 1. The van der Waals surface area contributed by atoms with Gasteiger partial charge in [-0.05, 0) is 43.7 Å². The van der Waals surface area contributed by atoms with E-state index in [9.17, 15) is 9.59 Å². The maximum absolute atomic E-state index is 12.8. The number of nitrogens with one attached hydrogen (secondary N) is 1. The summed E-state index contributed by atoms with van der Waals surface area (Å²) < 4.78 is 5.38. The van der Waals surface area contributed by atoms with Crippen LogP contribution in [0.5, 0.6) is 0 Å². The number of hydrogen-bond acceptors (Lipinski definition) is 4. The predicted molar refractivity (Wildman–Crippen MR) is 103 cm³/mol. The monoisotopic (exact) mass is 371 g/mol. The van der Waals surface area contributed by atoms with Crippen molar-refractivity contribution >= 4 is 17.5 Å². The SMILES string of the molecule is CC(C(=O)N1CCC2(CC1)CC2C(=O)Nc1ccccc1)N1CCOCC1. The first kappa shape index (κ1) is 18.4. The lowest BCUT2D eigenvalue weighted by atomic mass is 9.90. The summed E-state index contributed by atoms with van der Waals surface area (Å²) in [6.07, 6.45) is 2.82. The smallest absolute Gasteiger partial charge is 0.239 e. The molecule has 2 atom stereocenters. The number of nitrogens with zero attached hydrogens (tertiary/aromatic N) is 2. The third-order valence-electron chi connectivity index (χ3n) is 6.57. The van der Waals surface area contributed by atoms with Gasteiger partial charge in [0.1, 0.15) is 0 Å². The van der Waals surface area contributed by atoms with Crippen molar-refractivity contribution in [2.75, 3.05) is 44.7 Å². The van der Waals surface area contributed by atoms with Crippen molar-refractivity contribution in [1.29, 1.82) is 0 Å². The summed E-state index contributed by atoms with van der Waals surface area (Å²) >= 11 is 0. The average Bonchev–Trinajstić information content (AvgIpc) is 3.42. The second-order valence-corrected chi connectivity index (χ2v) is 8.12. The number of rotatable bonds is 4. The molecule has 27 heavy (non-hydrogen) atoms. The van der Waals surface area contributed by atoms with Gasteiger partial charge < -0.3 is 15.0 Å². The van der Waals surface area contributed by atoms with Gasteiger partial charge in [0, 0.05) is 37.8 Å². The van der Waals surface area contributed by atoms with Crippen molar-refractivity contribution in [1.82, 2.24) is 9.80 Å². The van der Waals surface area contributed by atoms with Crippen LogP contribution >= 0.6 is 0 Å². The predicted octanol–water partition coefficient (Wildman–Crippen LogP) is 1.97. The number of piperidine rings is 1. The Kier molecular flexibility index (Phi) is 5.19.